The monoisotopic (exact) mass is 321 g/mol. The molecular weight excluding hydrogens is 302 g/mol. The van der Waals surface area contributed by atoms with Gasteiger partial charge in [0, 0.05) is 29.5 Å². The van der Waals surface area contributed by atoms with E-state index in [2.05, 4.69) is 16.7 Å². The number of rotatable bonds is 4. The Morgan fingerprint density at radius 3 is 2.25 bits per heavy atom. The van der Waals surface area contributed by atoms with Gasteiger partial charge in [0.1, 0.15) is 6.54 Å². The van der Waals surface area contributed by atoms with Crippen LogP contribution in [0.15, 0.2) is 54.6 Å². The predicted molar refractivity (Wildman–Crippen MR) is 96.1 cm³/mol. The Kier molecular flexibility index (Phi) is 4.33. The van der Waals surface area contributed by atoms with E-state index in [1.807, 2.05) is 35.8 Å². The van der Waals surface area contributed by atoms with Gasteiger partial charge in [-0.3, -0.25) is 9.59 Å². The minimum atomic E-state index is -0.123. The molecule has 24 heavy (non-hydrogen) atoms. The number of amides is 2. The first kappa shape index (κ1) is 15.8. The molecule has 1 aromatic heterocycles. The number of fused-ring (bicyclic) bond motifs is 1. The lowest BCUT2D eigenvalue weighted by molar-refractivity contribution is -0.117. The maximum absolute atomic E-state index is 12.3. The van der Waals surface area contributed by atoms with E-state index in [1.165, 1.54) is 6.92 Å². The lowest BCUT2D eigenvalue weighted by Crippen LogP contribution is -2.19. The molecule has 1 heterocycles. The van der Waals surface area contributed by atoms with Crippen LogP contribution in [0.2, 0.25) is 0 Å². The molecule has 122 valence electrons. The number of nitrogens with zero attached hydrogens (tertiary/aromatic N) is 1. The van der Waals surface area contributed by atoms with E-state index < -0.39 is 0 Å². The number of carbonyl (C=O) groups excluding carboxylic acids is 2. The first-order valence-electron chi connectivity index (χ1n) is 7.75. The number of aromatic nitrogens is 1. The number of para-hydroxylation sites is 1. The normalized spacial score (nSPS) is 10.6. The molecule has 3 rings (SSSR count). The van der Waals surface area contributed by atoms with Gasteiger partial charge in [-0.1, -0.05) is 18.2 Å². The fourth-order valence-corrected chi connectivity index (χ4v) is 2.74. The Hall–Kier alpha value is -3.08. The molecule has 2 amide bonds. The van der Waals surface area contributed by atoms with Crippen molar-refractivity contribution in [3.63, 3.8) is 0 Å². The summed E-state index contributed by atoms with van der Waals surface area (Å²) >= 11 is 0. The molecule has 0 radical (unpaired) electrons. The van der Waals surface area contributed by atoms with Gasteiger partial charge in [0.25, 0.3) is 0 Å². The van der Waals surface area contributed by atoms with Gasteiger partial charge in [-0.05, 0) is 48.7 Å². The van der Waals surface area contributed by atoms with E-state index in [-0.39, 0.29) is 18.4 Å². The van der Waals surface area contributed by atoms with Crippen LogP contribution in [0.4, 0.5) is 11.4 Å². The number of hydrogen-bond donors (Lipinski definition) is 2. The molecule has 0 saturated carbocycles. The zero-order chi connectivity index (χ0) is 17.1. The standard InChI is InChI=1S/C19H19N3O2/c1-13-11-15-5-3-4-6-18(15)22(13)12-19(24)21-17-9-7-16(8-10-17)20-14(2)23/h3-11H,12H2,1-2H3,(H,20,23)(H,21,24). The molecule has 0 fully saturated rings. The lowest BCUT2D eigenvalue weighted by Gasteiger charge is -2.10. The zero-order valence-electron chi connectivity index (χ0n) is 13.7. The van der Waals surface area contributed by atoms with Crippen LogP contribution < -0.4 is 10.6 Å². The Labute approximate surface area is 140 Å². The predicted octanol–water partition coefficient (Wildman–Crippen LogP) is 3.55. The molecule has 0 aliphatic rings. The lowest BCUT2D eigenvalue weighted by atomic mass is 10.2. The van der Waals surface area contributed by atoms with Crippen molar-refractivity contribution in [3.05, 3.63) is 60.3 Å². The summed E-state index contributed by atoms with van der Waals surface area (Å²) in [4.78, 5) is 23.3. The van der Waals surface area contributed by atoms with Crippen LogP contribution in [0, 0.1) is 6.92 Å². The van der Waals surface area contributed by atoms with Crippen LogP contribution in [-0.4, -0.2) is 16.4 Å². The van der Waals surface area contributed by atoms with Crippen LogP contribution in [0.1, 0.15) is 12.6 Å². The highest BCUT2D eigenvalue weighted by Crippen LogP contribution is 2.19. The Morgan fingerprint density at radius 1 is 0.958 bits per heavy atom. The fourth-order valence-electron chi connectivity index (χ4n) is 2.74. The number of aryl methyl sites for hydroxylation is 1. The van der Waals surface area contributed by atoms with Crippen LogP contribution >= 0.6 is 0 Å². The molecule has 0 unspecified atom stereocenters. The first-order valence-corrected chi connectivity index (χ1v) is 7.75. The molecule has 5 nitrogen and oxygen atoms in total. The van der Waals surface area contributed by atoms with Crippen LogP contribution in [-0.2, 0) is 16.1 Å². The summed E-state index contributed by atoms with van der Waals surface area (Å²) < 4.78 is 2.00. The van der Waals surface area contributed by atoms with Crippen molar-refractivity contribution in [2.75, 3.05) is 10.6 Å². The quantitative estimate of drug-likeness (QED) is 0.772. The summed E-state index contributed by atoms with van der Waals surface area (Å²) in [6.45, 7) is 3.71. The van der Waals surface area contributed by atoms with Crippen molar-refractivity contribution in [1.82, 2.24) is 4.57 Å². The minimum absolute atomic E-state index is 0.0910. The van der Waals surface area contributed by atoms with Crippen molar-refractivity contribution in [1.29, 1.82) is 0 Å². The Morgan fingerprint density at radius 2 is 1.58 bits per heavy atom. The van der Waals surface area contributed by atoms with Crippen molar-refractivity contribution in [3.8, 4) is 0 Å². The second-order valence-corrected chi connectivity index (χ2v) is 5.74. The SMILES string of the molecule is CC(=O)Nc1ccc(NC(=O)Cn2c(C)cc3ccccc32)cc1. The van der Waals surface area contributed by atoms with Crippen molar-refractivity contribution >= 4 is 34.1 Å². The third-order valence-electron chi connectivity index (χ3n) is 3.81. The van der Waals surface area contributed by atoms with Gasteiger partial charge >= 0.3 is 0 Å². The largest absolute Gasteiger partial charge is 0.335 e. The molecule has 0 aliphatic carbocycles. The fraction of sp³-hybridized carbons (Fsp3) is 0.158. The van der Waals surface area contributed by atoms with E-state index in [0.717, 1.165) is 16.6 Å². The smallest absolute Gasteiger partial charge is 0.244 e. The van der Waals surface area contributed by atoms with Crippen molar-refractivity contribution in [2.45, 2.75) is 20.4 Å². The van der Waals surface area contributed by atoms with Crippen LogP contribution in [0.5, 0.6) is 0 Å². The molecule has 0 atom stereocenters. The second-order valence-electron chi connectivity index (χ2n) is 5.74. The molecule has 2 N–H and O–H groups in total. The van der Waals surface area contributed by atoms with Crippen molar-refractivity contribution in [2.24, 2.45) is 0 Å². The van der Waals surface area contributed by atoms with Gasteiger partial charge in [0.2, 0.25) is 11.8 Å². The topological polar surface area (TPSA) is 63.1 Å². The summed E-state index contributed by atoms with van der Waals surface area (Å²) in [5.41, 5.74) is 3.49. The summed E-state index contributed by atoms with van der Waals surface area (Å²) in [6, 6.07) is 17.1. The molecule has 3 aromatic rings. The van der Waals surface area contributed by atoms with E-state index >= 15 is 0 Å². The number of benzene rings is 2. The molecule has 5 heteroatoms. The molecule has 0 saturated heterocycles. The summed E-state index contributed by atoms with van der Waals surface area (Å²) in [5, 5.41) is 6.70. The third kappa shape index (κ3) is 3.46. The highest BCUT2D eigenvalue weighted by atomic mass is 16.2. The van der Waals surface area contributed by atoms with Gasteiger partial charge < -0.3 is 15.2 Å². The van der Waals surface area contributed by atoms with Gasteiger partial charge in [-0.2, -0.15) is 0 Å². The van der Waals surface area contributed by atoms with Crippen LogP contribution in [0.3, 0.4) is 0 Å². The van der Waals surface area contributed by atoms with Crippen molar-refractivity contribution < 1.29 is 9.59 Å². The first-order chi connectivity index (χ1) is 11.5. The van der Waals surface area contributed by atoms with Gasteiger partial charge in [-0.25, -0.2) is 0 Å². The average molecular weight is 321 g/mol. The van der Waals surface area contributed by atoms with E-state index in [9.17, 15) is 9.59 Å². The third-order valence-corrected chi connectivity index (χ3v) is 3.81. The Bertz CT molecular complexity index is 895. The number of carbonyl (C=O) groups is 2. The van der Waals surface area contributed by atoms with Gasteiger partial charge in [-0.15, -0.1) is 0 Å². The highest BCUT2D eigenvalue weighted by molar-refractivity contribution is 5.93. The van der Waals surface area contributed by atoms with Gasteiger partial charge in [0.05, 0.1) is 0 Å². The van der Waals surface area contributed by atoms with E-state index in [0.29, 0.717) is 11.4 Å². The van der Waals surface area contributed by atoms with Crippen LogP contribution in [0.25, 0.3) is 10.9 Å². The molecule has 0 bridgehead atoms. The summed E-state index contributed by atoms with van der Waals surface area (Å²) in [5.74, 6) is -0.214. The minimum Gasteiger partial charge on any atom is -0.335 e. The maximum atomic E-state index is 12.3. The second kappa shape index (κ2) is 6.58. The number of anilines is 2. The maximum Gasteiger partial charge on any atom is 0.244 e. The highest BCUT2D eigenvalue weighted by Gasteiger charge is 2.09. The van der Waals surface area contributed by atoms with E-state index in [1.54, 1.807) is 24.3 Å². The molecule has 0 spiro atoms. The zero-order valence-corrected chi connectivity index (χ0v) is 13.7. The summed E-state index contributed by atoms with van der Waals surface area (Å²) in [7, 11) is 0. The molecular formula is C19H19N3O2. The Balaban J connectivity index is 1.71. The molecule has 2 aromatic carbocycles. The van der Waals surface area contributed by atoms with Gasteiger partial charge in [0.15, 0.2) is 0 Å². The molecule has 0 aliphatic heterocycles. The van der Waals surface area contributed by atoms with E-state index in [4.69, 9.17) is 0 Å². The number of nitrogens with one attached hydrogen (secondary N) is 2. The average Bonchev–Trinajstić information content (AvgIpc) is 2.85. The summed E-state index contributed by atoms with van der Waals surface area (Å²) in [6.07, 6.45) is 0. The number of hydrogen-bond acceptors (Lipinski definition) is 2.